The molecule has 0 aromatic rings. The normalized spacial score (nSPS) is 8.90. The van der Waals surface area contributed by atoms with E-state index >= 15 is 0 Å². The summed E-state index contributed by atoms with van der Waals surface area (Å²) in [4.78, 5) is 9.64. The second-order valence-corrected chi connectivity index (χ2v) is 1.20. The third-order valence-electron chi connectivity index (χ3n) is 0.536. The Morgan fingerprint density at radius 1 is 1.50 bits per heavy atom. The Labute approximate surface area is 127 Å². The zero-order valence-corrected chi connectivity index (χ0v) is 11.7. The average Bonchev–Trinajstić information content (AvgIpc) is 1.66. The minimum atomic E-state index is -1.16. The summed E-state index contributed by atoms with van der Waals surface area (Å²) >= 11 is 0. The zero-order chi connectivity index (χ0) is 6.41. The molecule has 10 heavy (non-hydrogen) atoms. The van der Waals surface area contributed by atoms with E-state index in [2.05, 4.69) is 0 Å². The molecule has 0 bridgehead atoms. The van der Waals surface area contributed by atoms with Gasteiger partial charge in [0.2, 0.25) is 0 Å². The minimum Gasteiger partial charge on any atom is -1.00 e. The Morgan fingerprint density at radius 3 is 2.30 bits per heavy atom. The number of carboxylic acid groups (broad SMARTS) is 1. The number of carboxylic acids is 1. The van der Waals surface area contributed by atoms with Crippen molar-refractivity contribution in [2.75, 3.05) is 0 Å². The molecule has 0 spiro atoms. The summed E-state index contributed by atoms with van der Waals surface area (Å²) in [6, 6.07) is 0. The third-order valence-corrected chi connectivity index (χ3v) is 0.536. The van der Waals surface area contributed by atoms with Crippen LogP contribution in [0.25, 0.3) is 0 Å². The summed E-state index contributed by atoms with van der Waals surface area (Å²) in [5, 5.41) is 9.64. The average molecular weight is 174 g/mol. The predicted molar refractivity (Wildman–Crippen MR) is 30.1 cm³/mol. The number of rotatable bonds is 2. The van der Waals surface area contributed by atoms with E-state index in [1.807, 2.05) is 0 Å². The van der Waals surface area contributed by atoms with Crippen molar-refractivity contribution in [1.29, 1.82) is 0 Å². The van der Waals surface area contributed by atoms with Crippen LogP contribution in [0.5, 0.6) is 0 Å². The molecule has 0 saturated carbocycles. The van der Waals surface area contributed by atoms with Crippen molar-refractivity contribution in [3.63, 3.8) is 0 Å². The Bertz CT molecular complexity index is 137. The van der Waals surface area contributed by atoms with Crippen LogP contribution in [0.3, 0.4) is 0 Å². The number of carbonyl (C=O) groups excluding carboxylic acids is 1. The van der Waals surface area contributed by atoms with E-state index < -0.39 is 5.97 Å². The van der Waals surface area contributed by atoms with Gasteiger partial charge in [0.25, 0.3) is 0 Å². The first-order chi connectivity index (χ1) is 3.77. The fourth-order valence-corrected chi connectivity index (χ4v) is 0.245. The summed E-state index contributed by atoms with van der Waals surface area (Å²) in [7, 11) is 0. The standard InChI is InChI=1S/C6H8O2.K.Na.H/c1-2-3-4-5-6(7)8;;;/h2-5H,1H3,(H,7,8);;;/q;2*+1;-1/p-1/b3-2+,5-4+;;;. The fraction of sp³-hybridized carbons (Fsp3) is 0.167. The van der Waals surface area contributed by atoms with Gasteiger partial charge in [-0.3, -0.25) is 0 Å². The van der Waals surface area contributed by atoms with Gasteiger partial charge in [0, 0.05) is 0 Å². The van der Waals surface area contributed by atoms with Crippen molar-refractivity contribution in [1.82, 2.24) is 0 Å². The molecule has 0 heterocycles. The molecule has 46 valence electrons. The van der Waals surface area contributed by atoms with E-state index in [0.29, 0.717) is 0 Å². The van der Waals surface area contributed by atoms with Crippen LogP contribution in [0.15, 0.2) is 24.3 Å². The molecule has 0 unspecified atom stereocenters. The summed E-state index contributed by atoms with van der Waals surface area (Å²) in [5.41, 5.74) is 0. The maximum Gasteiger partial charge on any atom is 1.00 e. The van der Waals surface area contributed by atoms with Crippen LogP contribution in [0.4, 0.5) is 0 Å². The minimum absolute atomic E-state index is 0. The van der Waals surface area contributed by atoms with Crippen molar-refractivity contribution in [3.05, 3.63) is 24.3 Å². The molecule has 0 radical (unpaired) electrons. The number of hydrogen-bond acceptors (Lipinski definition) is 2. The van der Waals surface area contributed by atoms with Crippen LogP contribution in [-0.4, -0.2) is 5.97 Å². The molecule has 0 saturated heterocycles. The van der Waals surface area contributed by atoms with Gasteiger partial charge in [0.05, 0.1) is 5.97 Å². The van der Waals surface area contributed by atoms with E-state index in [9.17, 15) is 9.90 Å². The van der Waals surface area contributed by atoms with Gasteiger partial charge in [-0.15, -0.1) is 0 Å². The molecular weight excluding hydrogens is 166 g/mol. The van der Waals surface area contributed by atoms with Gasteiger partial charge in [-0.2, -0.15) is 0 Å². The van der Waals surface area contributed by atoms with Gasteiger partial charge in [0.1, 0.15) is 0 Å². The van der Waals surface area contributed by atoms with Gasteiger partial charge >= 0.3 is 80.9 Å². The number of allylic oxidation sites excluding steroid dienone is 3. The van der Waals surface area contributed by atoms with Crippen molar-refractivity contribution in [2.45, 2.75) is 6.92 Å². The monoisotopic (exact) mass is 174 g/mol. The SMILES string of the molecule is C/C=C/C=C/C(=O)[O-].[H-].[K+].[Na+]. The number of carbonyl (C=O) groups is 1. The molecule has 0 rings (SSSR count). The van der Waals surface area contributed by atoms with Crippen LogP contribution >= 0.6 is 0 Å². The fourth-order valence-electron chi connectivity index (χ4n) is 0.245. The largest absolute Gasteiger partial charge is 1.00 e. The van der Waals surface area contributed by atoms with Crippen LogP contribution in [-0.2, 0) is 4.79 Å². The first kappa shape index (κ1) is 17.6. The summed E-state index contributed by atoms with van der Waals surface area (Å²) in [6.07, 6.45) is 5.74. The first-order valence-electron chi connectivity index (χ1n) is 2.27. The Hall–Kier alpha value is 1.59. The zero-order valence-electron chi connectivity index (χ0n) is 7.63. The van der Waals surface area contributed by atoms with E-state index in [1.54, 1.807) is 19.1 Å². The second kappa shape index (κ2) is 13.2. The molecule has 0 N–H and O–H groups in total. The van der Waals surface area contributed by atoms with Gasteiger partial charge < -0.3 is 11.3 Å². The van der Waals surface area contributed by atoms with Crippen LogP contribution in [0.1, 0.15) is 8.35 Å². The smallest absolute Gasteiger partial charge is 1.00 e. The Morgan fingerprint density at radius 2 is 2.00 bits per heavy atom. The molecular formula is C6H8KNaO2. The molecule has 0 aliphatic heterocycles. The van der Waals surface area contributed by atoms with Crippen molar-refractivity contribution < 1.29 is 92.3 Å². The summed E-state index contributed by atoms with van der Waals surface area (Å²) in [5.74, 6) is -1.16. The van der Waals surface area contributed by atoms with E-state index in [1.165, 1.54) is 6.08 Å². The summed E-state index contributed by atoms with van der Waals surface area (Å²) in [6.45, 7) is 1.81. The molecule has 4 heteroatoms. The van der Waals surface area contributed by atoms with Crippen LogP contribution in [0, 0.1) is 0 Å². The third kappa shape index (κ3) is 16.3. The molecule has 0 fully saturated rings. The van der Waals surface area contributed by atoms with Crippen molar-refractivity contribution >= 4 is 5.97 Å². The maximum absolute atomic E-state index is 9.64. The van der Waals surface area contributed by atoms with Gasteiger partial charge in [0.15, 0.2) is 0 Å². The Kier molecular flexibility index (Phi) is 23.2. The van der Waals surface area contributed by atoms with Gasteiger partial charge in [-0.1, -0.05) is 18.2 Å². The molecule has 0 aliphatic rings. The van der Waals surface area contributed by atoms with E-state index in [4.69, 9.17) is 0 Å². The van der Waals surface area contributed by atoms with Gasteiger partial charge in [-0.05, 0) is 13.0 Å². The van der Waals surface area contributed by atoms with Crippen molar-refractivity contribution in [3.8, 4) is 0 Å². The quantitative estimate of drug-likeness (QED) is 0.237. The van der Waals surface area contributed by atoms with Gasteiger partial charge in [-0.25, -0.2) is 0 Å². The van der Waals surface area contributed by atoms with Crippen molar-refractivity contribution in [2.24, 2.45) is 0 Å². The predicted octanol–water partition coefficient (Wildman–Crippen LogP) is -6.01. The topological polar surface area (TPSA) is 40.1 Å². The Balaban J connectivity index is -0.0000000817. The maximum atomic E-state index is 9.64. The van der Waals surface area contributed by atoms with Crippen LogP contribution < -0.4 is 86.0 Å². The molecule has 0 aliphatic carbocycles. The summed E-state index contributed by atoms with van der Waals surface area (Å²) < 4.78 is 0. The van der Waals surface area contributed by atoms with Crippen LogP contribution in [0.2, 0.25) is 0 Å². The molecule has 0 aromatic heterocycles. The van der Waals surface area contributed by atoms with E-state index in [0.717, 1.165) is 6.08 Å². The molecule has 0 amide bonds. The number of hydrogen-bond donors (Lipinski definition) is 0. The molecule has 2 nitrogen and oxygen atoms in total. The number of aliphatic carboxylic acids is 1. The molecule has 0 aromatic carbocycles. The van der Waals surface area contributed by atoms with E-state index in [-0.39, 0.29) is 82.4 Å². The second-order valence-electron chi connectivity index (χ2n) is 1.20. The first-order valence-corrected chi connectivity index (χ1v) is 2.27. The molecule has 0 atom stereocenters.